The molecule has 0 radical (unpaired) electrons. The summed E-state index contributed by atoms with van der Waals surface area (Å²) in [7, 11) is 0. The fourth-order valence-corrected chi connectivity index (χ4v) is 2.38. The number of aryl methyl sites for hydroxylation is 1. The van der Waals surface area contributed by atoms with Gasteiger partial charge >= 0.3 is 12.5 Å². The molecule has 25 heavy (non-hydrogen) atoms. The predicted molar refractivity (Wildman–Crippen MR) is 74.8 cm³/mol. The van der Waals surface area contributed by atoms with E-state index in [0.717, 1.165) is 29.2 Å². The highest BCUT2D eigenvalue weighted by Gasteiger charge is 2.35. The number of alkyl halides is 6. The number of nitrogens with zero attached hydrogens (tertiary/aromatic N) is 3. The van der Waals surface area contributed by atoms with Gasteiger partial charge in [0.15, 0.2) is 5.69 Å². The van der Waals surface area contributed by atoms with Crippen LogP contribution in [0.25, 0.3) is 16.8 Å². The molecule has 0 aliphatic heterocycles. The Morgan fingerprint density at radius 3 is 2.24 bits per heavy atom. The maximum atomic E-state index is 13.0. The summed E-state index contributed by atoms with van der Waals surface area (Å²) < 4.78 is 80.5. The van der Waals surface area contributed by atoms with Gasteiger partial charge in [0.1, 0.15) is 18.4 Å². The molecule has 2 aromatic heterocycles. The van der Waals surface area contributed by atoms with Crippen LogP contribution in [0.4, 0.5) is 26.3 Å². The van der Waals surface area contributed by atoms with Gasteiger partial charge < -0.3 is 4.74 Å². The second kappa shape index (κ2) is 5.64. The number of imidazole rings is 1. The van der Waals surface area contributed by atoms with Gasteiger partial charge in [-0.05, 0) is 36.8 Å². The number of hydrogen-bond acceptors (Lipinski definition) is 3. The summed E-state index contributed by atoms with van der Waals surface area (Å²) in [5.41, 5.74) is -0.342. The molecule has 4 nitrogen and oxygen atoms in total. The molecule has 0 N–H and O–H groups in total. The minimum atomic E-state index is -4.83. The van der Waals surface area contributed by atoms with Crippen LogP contribution in [0.2, 0.25) is 0 Å². The Balaban J connectivity index is 2.04. The molecule has 0 aliphatic carbocycles. The zero-order valence-electron chi connectivity index (χ0n) is 12.5. The second-order valence-electron chi connectivity index (χ2n) is 5.18. The molecular formula is C15H9F6N3O. The molecule has 0 saturated carbocycles. The minimum absolute atomic E-state index is 0.176. The van der Waals surface area contributed by atoms with Crippen molar-refractivity contribution in [1.82, 2.24) is 14.4 Å². The lowest BCUT2D eigenvalue weighted by Gasteiger charge is -2.12. The molecule has 3 rings (SSSR count). The summed E-state index contributed by atoms with van der Waals surface area (Å²) in [4.78, 5) is 7.36. The first-order valence-corrected chi connectivity index (χ1v) is 6.81. The first-order valence-electron chi connectivity index (χ1n) is 6.81. The molecule has 0 saturated heterocycles. The van der Waals surface area contributed by atoms with Crippen LogP contribution >= 0.6 is 0 Å². The highest BCUT2D eigenvalue weighted by Crippen LogP contribution is 2.33. The Morgan fingerprint density at radius 2 is 1.64 bits per heavy atom. The van der Waals surface area contributed by atoms with Crippen molar-refractivity contribution in [2.75, 3.05) is 0 Å². The van der Waals surface area contributed by atoms with Gasteiger partial charge in [0, 0.05) is 5.56 Å². The molecule has 0 spiro atoms. The normalized spacial score (nSPS) is 12.6. The van der Waals surface area contributed by atoms with Crippen molar-refractivity contribution in [3.63, 3.8) is 0 Å². The smallest absolute Gasteiger partial charge is 0.406 e. The summed E-state index contributed by atoms with van der Waals surface area (Å²) in [6, 6.07) is 4.69. The lowest BCUT2D eigenvalue weighted by molar-refractivity contribution is -0.274. The van der Waals surface area contributed by atoms with E-state index < -0.39 is 24.0 Å². The summed E-state index contributed by atoms with van der Waals surface area (Å²) in [6.45, 7) is 1.51. The van der Waals surface area contributed by atoms with Crippen LogP contribution in [-0.2, 0) is 6.18 Å². The topological polar surface area (TPSA) is 39.4 Å². The predicted octanol–water partition coefficient (Wildman–Crippen LogP) is 4.62. The number of aromatic nitrogens is 3. The molecule has 3 aromatic rings. The monoisotopic (exact) mass is 361 g/mol. The third-order valence-electron chi connectivity index (χ3n) is 3.40. The lowest BCUT2D eigenvalue weighted by atomic mass is 10.0. The van der Waals surface area contributed by atoms with Gasteiger partial charge in [-0.2, -0.15) is 13.2 Å². The Bertz CT molecular complexity index is 929. The third kappa shape index (κ3) is 3.52. The van der Waals surface area contributed by atoms with E-state index in [1.807, 2.05) is 0 Å². The average molecular weight is 361 g/mol. The van der Waals surface area contributed by atoms with Crippen molar-refractivity contribution in [3.05, 3.63) is 48.2 Å². The SMILES string of the molecule is Cc1cc(OC(F)(F)F)ccc1-c1cc2c(C(F)(F)F)ncn2cn1. The summed E-state index contributed by atoms with van der Waals surface area (Å²) in [6.07, 6.45) is -7.31. The van der Waals surface area contributed by atoms with Crippen LogP contribution in [0.5, 0.6) is 5.75 Å². The average Bonchev–Trinajstić information content (AvgIpc) is 2.88. The first kappa shape index (κ1) is 17.1. The van der Waals surface area contributed by atoms with Crippen LogP contribution < -0.4 is 4.74 Å². The van der Waals surface area contributed by atoms with Crippen molar-refractivity contribution < 1.29 is 31.1 Å². The number of halogens is 6. The summed E-state index contributed by atoms with van der Waals surface area (Å²) >= 11 is 0. The Hall–Kier alpha value is -2.78. The molecule has 0 fully saturated rings. The standard InChI is InChI=1S/C15H9F6N3O/c1-8-4-9(25-15(19,20)21)2-3-10(8)11-5-12-13(14(16,17)18)23-7-24(12)6-22-11/h2-7H,1H3. The largest absolute Gasteiger partial charge is 0.573 e. The molecular weight excluding hydrogens is 352 g/mol. The molecule has 0 unspecified atom stereocenters. The third-order valence-corrected chi connectivity index (χ3v) is 3.40. The van der Waals surface area contributed by atoms with E-state index in [1.165, 1.54) is 19.1 Å². The maximum Gasteiger partial charge on any atom is 0.573 e. The van der Waals surface area contributed by atoms with E-state index in [0.29, 0.717) is 11.1 Å². The Labute approximate surface area is 136 Å². The molecule has 2 heterocycles. The number of benzene rings is 1. The number of fused-ring (bicyclic) bond motifs is 1. The van der Waals surface area contributed by atoms with Gasteiger partial charge in [-0.15, -0.1) is 13.2 Å². The summed E-state index contributed by atoms with van der Waals surface area (Å²) in [5.74, 6) is -0.421. The van der Waals surface area contributed by atoms with Gasteiger partial charge in [0.25, 0.3) is 0 Å². The fraction of sp³-hybridized carbons (Fsp3) is 0.200. The van der Waals surface area contributed by atoms with E-state index in [9.17, 15) is 26.3 Å². The first-order chi connectivity index (χ1) is 11.5. The molecule has 132 valence electrons. The summed E-state index contributed by atoms with van der Waals surface area (Å²) in [5, 5.41) is 0. The minimum Gasteiger partial charge on any atom is -0.406 e. The highest BCUT2D eigenvalue weighted by atomic mass is 19.4. The van der Waals surface area contributed by atoms with Crippen molar-refractivity contribution in [3.8, 4) is 17.0 Å². The van der Waals surface area contributed by atoms with E-state index in [1.54, 1.807) is 0 Å². The van der Waals surface area contributed by atoms with Gasteiger partial charge in [0.2, 0.25) is 0 Å². The zero-order chi connectivity index (χ0) is 18.4. The zero-order valence-corrected chi connectivity index (χ0v) is 12.5. The van der Waals surface area contributed by atoms with Gasteiger partial charge in [0.05, 0.1) is 11.2 Å². The Kier molecular flexibility index (Phi) is 3.85. The van der Waals surface area contributed by atoms with Crippen LogP contribution in [0, 0.1) is 6.92 Å². The number of hydrogen-bond donors (Lipinski definition) is 0. The van der Waals surface area contributed by atoms with Gasteiger partial charge in [-0.25, -0.2) is 9.97 Å². The molecule has 10 heteroatoms. The van der Waals surface area contributed by atoms with E-state index >= 15 is 0 Å². The molecule has 1 aromatic carbocycles. The van der Waals surface area contributed by atoms with Crippen molar-refractivity contribution in [2.24, 2.45) is 0 Å². The highest BCUT2D eigenvalue weighted by molar-refractivity contribution is 5.70. The van der Waals surface area contributed by atoms with Crippen LogP contribution in [0.3, 0.4) is 0 Å². The fourth-order valence-electron chi connectivity index (χ4n) is 2.38. The van der Waals surface area contributed by atoms with Crippen LogP contribution in [-0.4, -0.2) is 20.7 Å². The Morgan fingerprint density at radius 1 is 0.960 bits per heavy atom. The maximum absolute atomic E-state index is 13.0. The van der Waals surface area contributed by atoms with E-state index in [-0.39, 0.29) is 11.2 Å². The van der Waals surface area contributed by atoms with Gasteiger partial charge in [-0.3, -0.25) is 4.40 Å². The van der Waals surface area contributed by atoms with E-state index in [2.05, 4.69) is 14.7 Å². The molecule has 0 amide bonds. The quantitative estimate of drug-likeness (QED) is 0.625. The molecule has 0 aliphatic rings. The van der Waals surface area contributed by atoms with E-state index in [4.69, 9.17) is 0 Å². The van der Waals surface area contributed by atoms with Crippen molar-refractivity contribution >= 4 is 5.52 Å². The van der Waals surface area contributed by atoms with Crippen molar-refractivity contribution in [2.45, 2.75) is 19.5 Å². The molecule has 0 bridgehead atoms. The second-order valence-corrected chi connectivity index (χ2v) is 5.18. The van der Waals surface area contributed by atoms with Crippen LogP contribution in [0.1, 0.15) is 11.3 Å². The number of rotatable bonds is 2. The van der Waals surface area contributed by atoms with Gasteiger partial charge in [-0.1, -0.05) is 0 Å². The number of ether oxygens (including phenoxy) is 1. The molecule has 0 atom stereocenters. The van der Waals surface area contributed by atoms with Crippen molar-refractivity contribution in [1.29, 1.82) is 0 Å². The lowest BCUT2D eigenvalue weighted by Crippen LogP contribution is -2.17. The van der Waals surface area contributed by atoms with Crippen LogP contribution in [0.15, 0.2) is 36.9 Å².